The molecular formula is C24H19FN8S. The number of rotatable bonds is 6. The molecule has 3 N–H and O–H groups in total. The van der Waals surface area contributed by atoms with E-state index in [2.05, 4.69) is 40.4 Å². The van der Waals surface area contributed by atoms with Crippen LogP contribution in [0, 0.1) is 5.82 Å². The van der Waals surface area contributed by atoms with E-state index >= 15 is 4.39 Å². The average Bonchev–Trinajstić information content (AvgIpc) is 3.62. The summed E-state index contributed by atoms with van der Waals surface area (Å²) in [5, 5.41) is 12.7. The summed E-state index contributed by atoms with van der Waals surface area (Å²) in [5.74, 6) is 0.0222. The number of nitrogens with zero attached hydrogens (tertiary/aromatic N) is 5. The van der Waals surface area contributed by atoms with E-state index in [0.717, 1.165) is 28.1 Å². The summed E-state index contributed by atoms with van der Waals surface area (Å²) >= 11 is 1.63. The van der Waals surface area contributed by atoms with Crippen molar-refractivity contribution in [3.8, 4) is 33.1 Å². The number of imidazole rings is 1. The van der Waals surface area contributed by atoms with Gasteiger partial charge in [0, 0.05) is 52.9 Å². The lowest BCUT2D eigenvalue weighted by molar-refractivity contribution is 0.642. The van der Waals surface area contributed by atoms with Gasteiger partial charge in [-0.05, 0) is 35.7 Å². The number of nitrogens with one attached hydrogen (secondary N) is 3. The number of hydrogen-bond acceptors (Lipinski definition) is 7. The fourth-order valence-corrected chi connectivity index (χ4v) is 4.75. The van der Waals surface area contributed by atoms with Crippen LogP contribution >= 0.6 is 11.3 Å². The van der Waals surface area contributed by atoms with Crippen molar-refractivity contribution in [3.63, 3.8) is 0 Å². The Hall–Kier alpha value is -4.02. The fraction of sp³-hybridized carbons (Fsp3) is 0.125. The van der Waals surface area contributed by atoms with Gasteiger partial charge in [-0.3, -0.25) is 10.1 Å². The van der Waals surface area contributed by atoms with Crippen molar-refractivity contribution in [2.24, 2.45) is 0 Å². The van der Waals surface area contributed by atoms with Crippen molar-refractivity contribution in [2.75, 3.05) is 6.54 Å². The SMILES string of the molecule is CCNCc1cncc(-c2cnc3n[nH]c(-c4nc5nccc(-c6cccs6)c5[nH]4)c3c2F)c1. The Bertz CT molecular complexity index is 1620. The molecule has 0 radical (unpaired) electrons. The summed E-state index contributed by atoms with van der Waals surface area (Å²) in [4.78, 5) is 22.1. The molecule has 0 atom stereocenters. The first-order chi connectivity index (χ1) is 16.7. The fourth-order valence-electron chi connectivity index (χ4n) is 3.99. The normalized spacial score (nSPS) is 11.6. The van der Waals surface area contributed by atoms with Gasteiger partial charge in [0.25, 0.3) is 0 Å². The van der Waals surface area contributed by atoms with E-state index in [9.17, 15) is 0 Å². The Labute approximate surface area is 197 Å². The summed E-state index contributed by atoms with van der Waals surface area (Å²) < 4.78 is 15.9. The first-order valence-electron chi connectivity index (χ1n) is 10.8. The van der Waals surface area contributed by atoms with E-state index in [1.54, 1.807) is 29.9 Å². The van der Waals surface area contributed by atoms with Crippen LogP contribution in [-0.2, 0) is 6.54 Å². The van der Waals surface area contributed by atoms with Gasteiger partial charge in [0.1, 0.15) is 11.5 Å². The van der Waals surface area contributed by atoms with E-state index in [1.165, 1.54) is 6.20 Å². The van der Waals surface area contributed by atoms with Gasteiger partial charge in [-0.1, -0.05) is 13.0 Å². The summed E-state index contributed by atoms with van der Waals surface area (Å²) in [6.07, 6.45) is 6.62. The number of aromatic amines is 2. The van der Waals surface area contributed by atoms with Crippen molar-refractivity contribution < 1.29 is 4.39 Å². The molecule has 0 saturated carbocycles. The average molecular weight is 471 g/mol. The number of hydrogen-bond donors (Lipinski definition) is 3. The van der Waals surface area contributed by atoms with E-state index in [-0.39, 0.29) is 11.0 Å². The summed E-state index contributed by atoms with van der Waals surface area (Å²) in [6.45, 7) is 3.53. The van der Waals surface area contributed by atoms with Gasteiger partial charge in [-0.25, -0.2) is 19.3 Å². The van der Waals surface area contributed by atoms with Gasteiger partial charge in [0.2, 0.25) is 0 Å². The van der Waals surface area contributed by atoms with E-state index in [0.29, 0.717) is 34.8 Å². The molecule has 168 valence electrons. The second kappa shape index (κ2) is 8.40. The Morgan fingerprint density at radius 3 is 2.88 bits per heavy atom. The predicted molar refractivity (Wildman–Crippen MR) is 131 cm³/mol. The molecule has 0 aliphatic rings. The van der Waals surface area contributed by atoms with Crippen LogP contribution in [0.5, 0.6) is 0 Å². The molecule has 6 heterocycles. The van der Waals surface area contributed by atoms with Crippen molar-refractivity contribution in [1.29, 1.82) is 0 Å². The molecule has 0 aliphatic heterocycles. The van der Waals surface area contributed by atoms with Crippen molar-refractivity contribution in [3.05, 3.63) is 65.8 Å². The molecule has 0 aliphatic carbocycles. The summed E-state index contributed by atoms with van der Waals surface area (Å²) in [6, 6.07) is 7.89. The molecule has 0 spiro atoms. The molecule has 8 nitrogen and oxygen atoms in total. The number of fused-ring (bicyclic) bond motifs is 2. The lowest BCUT2D eigenvalue weighted by Gasteiger charge is -2.07. The van der Waals surface area contributed by atoms with Crippen LogP contribution in [0.4, 0.5) is 4.39 Å². The number of aromatic nitrogens is 7. The standard InChI is InChI=1S/C24H19FN8S/c1-2-26-9-13-8-14(11-27-10-13)16-12-29-22-18(19(16)25)21(32-33-22)24-30-20-15(17-4-3-7-34-17)5-6-28-23(20)31-24/h3-8,10-12,26H,2,9H2,1H3,(H,28,30,31)(H,29,32,33). The third kappa shape index (κ3) is 3.44. The lowest BCUT2D eigenvalue weighted by atomic mass is 10.1. The van der Waals surface area contributed by atoms with E-state index < -0.39 is 5.82 Å². The smallest absolute Gasteiger partial charge is 0.184 e. The van der Waals surface area contributed by atoms with Crippen LogP contribution in [-0.4, -0.2) is 41.7 Å². The second-order valence-electron chi connectivity index (χ2n) is 7.77. The molecular weight excluding hydrogens is 451 g/mol. The van der Waals surface area contributed by atoms with Gasteiger partial charge in [-0.15, -0.1) is 11.3 Å². The summed E-state index contributed by atoms with van der Waals surface area (Å²) in [7, 11) is 0. The van der Waals surface area contributed by atoms with E-state index in [1.807, 2.05) is 36.6 Å². The zero-order valence-corrected chi connectivity index (χ0v) is 18.9. The molecule has 6 rings (SSSR count). The molecule has 0 bridgehead atoms. The highest BCUT2D eigenvalue weighted by molar-refractivity contribution is 7.13. The van der Waals surface area contributed by atoms with Gasteiger partial charge in [0.05, 0.1) is 10.9 Å². The zero-order valence-electron chi connectivity index (χ0n) is 18.1. The van der Waals surface area contributed by atoms with Crippen LogP contribution in [0.1, 0.15) is 12.5 Å². The molecule has 0 aromatic carbocycles. The first kappa shape index (κ1) is 20.6. The quantitative estimate of drug-likeness (QED) is 0.318. The lowest BCUT2D eigenvalue weighted by Crippen LogP contribution is -2.11. The second-order valence-corrected chi connectivity index (χ2v) is 8.71. The monoisotopic (exact) mass is 470 g/mol. The molecule has 10 heteroatoms. The number of thiophene rings is 1. The Balaban J connectivity index is 1.48. The minimum atomic E-state index is -0.428. The highest BCUT2D eigenvalue weighted by atomic mass is 32.1. The third-order valence-electron chi connectivity index (χ3n) is 5.62. The van der Waals surface area contributed by atoms with Gasteiger partial charge < -0.3 is 10.3 Å². The van der Waals surface area contributed by atoms with Crippen molar-refractivity contribution in [2.45, 2.75) is 13.5 Å². The molecule has 0 fully saturated rings. The molecule has 0 saturated heterocycles. The Morgan fingerprint density at radius 2 is 2.03 bits per heavy atom. The van der Waals surface area contributed by atoms with Crippen LogP contribution in [0.15, 0.2) is 54.4 Å². The van der Waals surface area contributed by atoms with Gasteiger partial charge in [0.15, 0.2) is 17.1 Å². The van der Waals surface area contributed by atoms with Crippen molar-refractivity contribution in [1.82, 2.24) is 40.4 Å². The Morgan fingerprint density at radius 1 is 1.09 bits per heavy atom. The van der Waals surface area contributed by atoms with Crippen LogP contribution < -0.4 is 5.32 Å². The maximum absolute atomic E-state index is 15.9. The molecule has 0 unspecified atom stereocenters. The number of pyridine rings is 3. The third-order valence-corrected chi connectivity index (χ3v) is 6.52. The topological polar surface area (TPSA) is 108 Å². The molecule has 34 heavy (non-hydrogen) atoms. The minimum absolute atomic E-state index is 0.270. The van der Waals surface area contributed by atoms with Crippen LogP contribution in [0.2, 0.25) is 0 Å². The highest BCUT2D eigenvalue weighted by Crippen LogP contribution is 2.35. The maximum atomic E-state index is 15.9. The Kier molecular flexibility index (Phi) is 5.08. The van der Waals surface area contributed by atoms with Gasteiger partial charge >= 0.3 is 0 Å². The first-order valence-corrected chi connectivity index (χ1v) is 11.7. The number of H-pyrrole nitrogens is 2. The molecule has 6 aromatic rings. The zero-order chi connectivity index (χ0) is 23.1. The van der Waals surface area contributed by atoms with E-state index in [4.69, 9.17) is 0 Å². The molecule has 0 amide bonds. The maximum Gasteiger partial charge on any atom is 0.184 e. The largest absolute Gasteiger partial charge is 0.335 e. The highest BCUT2D eigenvalue weighted by Gasteiger charge is 2.21. The summed E-state index contributed by atoms with van der Waals surface area (Å²) in [5.41, 5.74) is 5.01. The van der Waals surface area contributed by atoms with Crippen LogP contribution in [0.25, 0.3) is 55.3 Å². The van der Waals surface area contributed by atoms with Crippen molar-refractivity contribution >= 4 is 33.5 Å². The van der Waals surface area contributed by atoms with Crippen LogP contribution in [0.3, 0.4) is 0 Å². The predicted octanol–water partition coefficient (Wildman–Crippen LogP) is 4.94. The molecule has 6 aromatic heterocycles. The number of halogens is 1. The van der Waals surface area contributed by atoms with Gasteiger partial charge in [-0.2, -0.15) is 5.10 Å². The minimum Gasteiger partial charge on any atom is -0.335 e.